The number of carbonyl (C=O) groups excluding carboxylic acids is 2. The molecule has 0 aliphatic carbocycles. The van der Waals surface area contributed by atoms with Gasteiger partial charge >= 0.3 is 0 Å². The molecular formula is C22H17N7O2. The minimum atomic E-state index is -0.974. The Hall–Kier alpha value is -4.53. The molecule has 3 heterocycles. The highest BCUT2D eigenvalue weighted by molar-refractivity contribution is 6.03. The van der Waals surface area contributed by atoms with Gasteiger partial charge in [0.25, 0.3) is 5.91 Å². The van der Waals surface area contributed by atoms with Crippen LogP contribution < -0.4 is 11.1 Å². The van der Waals surface area contributed by atoms with Crippen molar-refractivity contribution in [3.05, 3.63) is 78.4 Å². The van der Waals surface area contributed by atoms with E-state index in [0.717, 1.165) is 22.2 Å². The number of aromatic nitrogens is 5. The third kappa shape index (κ3) is 3.38. The first kappa shape index (κ1) is 18.5. The Balaban J connectivity index is 1.49. The van der Waals surface area contributed by atoms with Gasteiger partial charge < -0.3 is 16.1 Å². The van der Waals surface area contributed by atoms with Gasteiger partial charge in [-0.1, -0.05) is 30.3 Å². The van der Waals surface area contributed by atoms with E-state index in [9.17, 15) is 9.59 Å². The van der Waals surface area contributed by atoms with E-state index in [1.165, 1.54) is 0 Å². The summed E-state index contributed by atoms with van der Waals surface area (Å²) >= 11 is 0. The van der Waals surface area contributed by atoms with Crippen molar-refractivity contribution in [2.45, 2.75) is 6.04 Å². The van der Waals surface area contributed by atoms with Crippen LogP contribution in [0.2, 0.25) is 0 Å². The van der Waals surface area contributed by atoms with Crippen LogP contribution in [0, 0.1) is 0 Å². The number of benzene rings is 2. The zero-order valence-corrected chi connectivity index (χ0v) is 16.2. The maximum Gasteiger partial charge on any atom is 0.290 e. The molecule has 2 amide bonds. The largest absolute Gasteiger partial charge is 0.368 e. The second kappa shape index (κ2) is 7.38. The Morgan fingerprint density at radius 1 is 0.935 bits per heavy atom. The third-order valence-electron chi connectivity index (χ3n) is 5.02. The van der Waals surface area contributed by atoms with E-state index in [1.54, 1.807) is 36.7 Å². The Kier molecular flexibility index (Phi) is 4.40. The maximum atomic E-state index is 12.8. The smallest absolute Gasteiger partial charge is 0.290 e. The average Bonchev–Trinajstić information content (AvgIpc) is 3.40. The fourth-order valence-electron chi connectivity index (χ4n) is 3.52. The first-order chi connectivity index (χ1) is 15.1. The zero-order chi connectivity index (χ0) is 21.4. The molecule has 0 aliphatic rings. The molecule has 1 atom stereocenters. The number of nitrogens with one attached hydrogen (secondary N) is 3. The van der Waals surface area contributed by atoms with Crippen LogP contribution in [0.3, 0.4) is 0 Å². The molecule has 9 nitrogen and oxygen atoms in total. The van der Waals surface area contributed by atoms with Crippen LogP contribution in [0.5, 0.6) is 0 Å². The normalized spacial score (nSPS) is 12.1. The molecule has 5 rings (SSSR count). The predicted octanol–water partition coefficient (Wildman–Crippen LogP) is 2.46. The molecule has 0 bridgehead atoms. The highest BCUT2D eigenvalue weighted by Crippen LogP contribution is 2.29. The quantitative estimate of drug-likeness (QED) is 0.351. The van der Waals surface area contributed by atoms with Crippen molar-refractivity contribution in [2.75, 3.05) is 0 Å². The summed E-state index contributed by atoms with van der Waals surface area (Å²) in [6, 6.07) is 15.3. The lowest BCUT2D eigenvalue weighted by molar-refractivity contribution is -0.120. The van der Waals surface area contributed by atoms with Crippen LogP contribution in [-0.4, -0.2) is 37.0 Å². The average molecular weight is 411 g/mol. The number of imidazole rings is 1. The molecule has 0 saturated heterocycles. The molecule has 9 heteroatoms. The number of fused-ring (bicyclic) bond motifs is 2. The van der Waals surface area contributed by atoms with Crippen molar-refractivity contribution in [3.63, 3.8) is 0 Å². The van der Waals surface area contributed by atoms with Gasteiger partial charge in [-0.05, 0) is 29.8 Å². The first-order valence-corrected chi connectivity index (χ1v) is 9.53. The van der Waals surface area contributed by atoms with Crippen molar-refractivity contribution < 1.29 is 9.59 Å². The molecule has 5 N–H and O–H groups in total. The lowest BCUT2D eigenvalue weighted by atomic mass is 10.1. The van der Waals surface area contributed by atoms with Crippen molar-refractivity contribution in [1.82, 2.24) is 30.5 Å². The Morgan fingerprint density at radius 3 is 2.35 bits per heavy atom. The van der Waals surface area contributed by atoms with E-state index in [0.29, 0.717) is 16.6 Å². The fraction of sp³-hybridized carbons (Fsp3) is 0.0455. The molecule has 0 aliphatic heterocycles. The topological polar surface area (TPSA) is 142 Å². The number of hydrogen-bond donors (Lipinski definition) is 4. The second-order valence-electron chi connectivity index (χ2n) is 7.01. The second-order valence-corrected chi connectivity index (χ2v) is 7.01. The minimum absolute atomic E-state index is 0.0284. The lowest BCUT2D eigenvalue weighted by Crippen LogP contribution is -2.37. The summed E-state index contributed by atoms with van der Waals surface area (Å²) in [6.45, 7) is 0. The van der Waals surface area contributed by atoms with Crippen LogP contribution in [-0.2, 0) is 4.79 Å². The van der Waals surface area contributed by atoms with Crippen molar-refractivity contribution in [1.29, 1.82) is 0 Å². The standard InChI is InChI=1S/C22H17N7O2/c23-20(30)19(12-4-2-1-3-5-12)27-22(31)21-25-16-10-14-15(11-17(16)26-21)28-29-18(14)13-6-8-24-9-7-13/h1-11,19,28-29H,(H2,23,30)(H,27,31). The number of hydrogen-bond acceptors (Lipinski definition) is 5. The number of pyridine rings is 1. The SMILES string of the molecule is NC(=O)C(NC(=O)c1nc2cc3[nH][nH]c(-c4ccncc4)c3cc2n1)c1ccccc1. The molecule has 0 radical (unpaired) electrons. The summed E-state index contributed by atoms with van der Waals surface area (Å²) in [5.41, 5.74) is 9.87. The van der Waals surface area contributed by atoms with Gasteiger partial charge in [-0.15, -0.1) is 0 Å². The van der Waals surface area contributed by atoms with Gasteiger partial charge in [0, 0.05) is 23.3 Å². The minimum Gasteiger partial charge on any atom is -0.368 e. The Labute approximate surface area is 175 Å². The molecule has 1 unspecified atom stereocenters. The number of rotatable bonds is 5. The zero-order valence-electron chi connectivity index (χ0n) is 16.2. The van der Waals surface area contributed by atoms with Gasteiger partial charge in [-0.3, -0.25) is 19.7 Å². The highest BCUT2D eigenvalue weighted by Gasteiger charge is 2.23. The number of carbonyl (C=O) groups is 2. The Morgan fingerprint density at radius 2 is 1.65 bits per heavy atom. The number of H-pyrrole nitrogens is 2. The van der Waals surface area contributed by atoms with Crippen LogP contribution >= 0.6 is 0 Å². The Bertz CT molecular complexity index is 1410. The number of nitrogens with zero attached hydrogens (tertiary/aromatic N) is 3. The summed E-state index contributed by atoms with van der Waals surface area (Å²) in [5, 5.41) is 9.79. The van der Waals surface area contributed by atoms with E-state index in [-0.39, 0.29) is 5.82 Å². The van der Waals surface area contributed by atoms with E-state index < -0.39 is 17.9 Å². The van der Waals surface area contributed by atoms with Gasteiger partial charge in [-0.2, -0.15) is 0 Å². The van der Waals surface area contributed by atoms with Gasteiger partial charge in [0.15, 0.2) is 0 Å². The van der Waals surface area contributed by atoms with Crippen molar-refractivity contribution in [2.24, 2.45) is 5.73 Å². The van der Waals surface area contributed by atoms with Gasteiger partial charge in [0.2, 0.25) is 11.7 Å². The predicted molar refractivity (Wildman–Crippen MR) is 115 cm³/mol. The van der Waals surface area contributed by atoms with E-state index in [1.807, 2.05) is 30.3 Å². The first-order valence-electron chi connectivity index (χ1n) is 9.53. The van der Waals surface area contributed by atoms with E-state index in [4.69, 9.17) is 5.73 Å². The molecule has 31 heavy (non-hydrogen) atoms. The molecule has 0 fully saturated rings. The summed E-state index contributed by atoms with van der Waals surface area (Å²) in [7, 11) is 0. The molecule has 5 aromatic rings. The van der Waals surface area contributed by atoms with Crippen molar-refractivity contribution in [3.8, 4) is 11.3 Å². The molecule has 0 saturated carbocycles. The molecule has 152 valence electrons. The molecule has 3 aromatic heterocycles. The van der Waals surface area contributed by atoms with Gasteiger partial charge in [0.05, 0.1) is 22.2 Å². The molecular weight excluding hydrogens is 394 g/mol. The summed E-state index contributed by atoms with van der Waals surface area (Å²) in [6.07, 6.45) is 3.43. The number of primary amides is 1. The summed E-state index contributed by atoms with van der Waals surface area (Å²) in [5.74, 6) is -1.27. The summed E-state index contributed by atoms with van der Waals surface area (Å²) < 4.78 is 0. The van der Waals surface area contributed by atoms with Crippen LogP contribution in [0.15, 0.2) is 67.0 Å². The van der Waals surface area contributed by atoms with Crippen LogP contribution in [0.1, 0.15) is 22.2 Å². The number of amides is 2. The number of aromatic amines is 2. The lowest BCUT2D eigenvalue weighted by Gasteiger charge is -2.14. The monoisotopic (exact) mass is 411 g/mol. The van der Waals surface area contributed by atoms with Crippen LogP contribution in [0.25, 0.3) is 33.2 Å². The van der Waals surface area contributed by atoms with E-state index >= 15 is 0 Å². The fourth-order valence-corrected chi connectivity index (χ4v) is 3.52. The van der Waals surface area contributed by atoms with Gasteiger partial charge in [-0.25, -0.2) is 9.97 Å². The highest BCUT2D eigenvalue weighted by atomic mass is 16.2. The van der Waals surface area contributed by atoms with E-state index in [2.05, 4.69) is 30.5 Å². The van der Waals surface area contributed by atoms with Gasteiger partial charge in [0.1, 0.15) is 6.04 Å². The van der Waals surface area contributed by atoms with Crippen LogP contribution in [0.4, 0.5) is 0 Å². The number of nitrogens with two attached hydrogens (primary N) is 1. The third-order valence-corrected chi connectivity index (χ3v) is 5.02. The summed E-state index contributed by atoms with van der Waals surface area (Å²) in [4.78, 5) is 37.4. The van der Waals surface area contributed by atoms with Crippen molar-refractivity contribution >= 4 is 33.8 Å². The molecule has 0 spiro atoms. The molecule has 2 aromatic carbocycles. The maximum absolute atomic E-state index is 12.8.